The van der Waals surface area contributed by atoms with Crippen LogP contribution in [0, 0.1) is 5.41 Å². The lowest BCUT2D eigenvalue weighted by molar-refractivity contribution is 0.177. The summed E-state index contributed by atoms with van der Waals surface area (Å²) in [4.78, 5) is 4.55. The van der Waals surface area contributed by atoms with Gasteiger partial charge in [-0.05, 0) is 49.1 Å². The standard InChI is InChI=1S/C17H23N3O2.ClH/c1-21-14-7-5-13(6-8-14)16-19-15(22-20-16)11-17(12-18)9-3-2-4-10-17;/h5-8H,2-4,9-12,18H2,1H3;1H. The van der Waals surface area contributed by atoms with Crippen LogP contribution < -0.4 is 10.5 Å². The molecule has 0 saturated heterocycles. The molecule has 1 saturated carbocycles. The Labute approximate surface area is 143 Å². The highest BCUT2D eigenvalue weighted by molar-refractivity contribution is 5.85. The molecule has 6 heteroatoms. The lowest BCUT2D eigenvalue weighted by Gasteiger charge is -2.34. The van der Waals surface area contributed by atoms with Crippen LogP contribution in [-0.2, 0) is 6.42 Å². The fraction of sp³-hybridized carbons (Fsp3) is 0.529. The van der Waals surface area contributed by atoms with E-state index in [1.807, 2.05) is 24.3 Å². The van der Waals surface area contributed by atoms with Crippen LogP contribution in [0.5, 0.6) is 5.75 Å². The van der Waals surface area contributed by atoms with Crippen molar-refractivity contribution in [2.24, 2.45) is 11.1 Å². The van der Waals surface area contributed by atoms with Crippen LogP contribution in [0.15, 0.2) is 28.8 Å². The summed E-state index contributed by atoms with van der Waals surface area (Å²) < 4.78 is 10.6. The number of benzene rings is 1. The molecule has 1 aliphatic carbocycles. The molecule has 0 radical (unpaired) electrons. The number of hydrogen-bond donors (Lipinski definition) is 1. The Balaban J connectivity index is 0.00000192. The average molecular weight is 338 g/mol. The summed E-state index contributed by atoms with van der Waals surface area (Å²) in [7, 11) is 1.65. The average Bonchev–Trinajstić information content (AvgIpc) is 3.04. The second-order valence-corrected chi connectivity index (χ2v) is 6.18. The van der Waals surface area contributed by atoms with Crippen molar-refractivity contribution in [1.82, 2.24) is 10.1 Å². The normalized spacial score (nSPS) is 16.6. The van der Waals surface area contributed by atoms with Gasteiger partial charge in [-0.1, -0.05) is 24.4 Å². The summed E-state index contributed by atoms with van der Waals surface area (Å²) in [6.45, 7) is 0.688. The fourth-order valence-electron chi connectivity index (χ4n) is 3.26. The maximum atomic E-state index is 6.03. The largest absolute Gasteiger partial charge is 0.497 e. The van der Waals surface area contributed by atoms with E-state index in [4.69, 9.17) is 15.0 Å². The van der Waals surface area contributed by atoms with E-state index < -0.39 is 0 Å². The molecule has 1 aromatic carbocycles. The van der Waals surface area contributed by atoms with Gasteiger partial charge in [0.2, 0.25) is 11.7 Å². The molecule has 1 aromatic heterocycles. The molecule has 0 spiro atoms. The monoisotopic (exact) mass is 337 g/mol. The molecule has 0 amide bonds. The number of hydrogen-bond acceptors (Lipinski definition) is 5. The van der Waals surface area contributed by atoms with Crippen molar-refractivity contribution < 1.29 is 9.26 Å². The van der Waals surface area contributed by atoms with Gasteiger partial charge in [0.1, 0.15) is 5.75 Å². The van der Waals surface area contributed by atoms with Crippen LogP contribution in [0.25, 0.3) is 11.4 Å². The fourth-order valence-corrected chi connectivity index (χ4v) is 3.26. The van der Waals surface area contributed by atoms with Gasteiger partial charge in [-0.2, -0.15) is 4.98 Å². The van der Waals surface area contributed by atoms with Gasteiger partial charge >= 0.3 is 0 Å². The number of ether oxygens (including phenoxy) is 1. The van der Waals surface area contributed by atoms with E-state index in [0.717, 1.165) is 30.6 Å². The molecule has 1 fully saturated rings. The lowest BCUT2D eigenvalue weighted by Crippen LogP contribution is -2.35. The number of halogens is 1. The Morgan fingerprint density at radius 1 is 1.17 bits per heavy atom. The predicted molar refractivity (Wildman–Crippen MR) is 91.8 cm³/mol. The summed E-state index contributed by atoms with van der Waals surface area (Å²) in [6.07, 6.45) is 6.90. The Kier molecular flexibility index (Phi) is 6.02. The van der Waals surface area contributed by atoms with Crippen LogP contribution in [0.1, 0.15) is 38.0 Å². The van der Waals surface area contributed by atoms with Gasteiger partial charge in [0, 0.05) is 12.0 Å². The van der Waals surface area contributed by atoms with Crippen molar-refractivity contribution in [3.05, 3.63) is 30.2 Å². The molecule has 5 nitrogen and oxygen atoms in total. The molecule has 0 bridgehead atoms. The van der Waals surface area contributed by atoms with Gasteiger partial charge in [0.05, 0.1) is 7.11 Å². The van der Waals surface area contributed by atoms with Gasteiger partial charge in [-0.15, -0.1) is 12.4 Å². The Hall–Kier alpha value is -1.59. The molecule has 2 N–H and O–H groups in total. The molecular formula is C17H24ClN3O2. The SMILES string of the molecule is COc1ccc(-c2noc(CC3(CN)CCCCC3)n2)cc1.Cl. The molecule has 0 aliphatic heterocycles. The first-order valence-corrected chi connectivity index (χ1v) is 7.92. The molecule has 0 atom stereocenters. The van der Waals surface area contributed by atoms with Gasteiger partial charge in [0.15, 0.2) is 0 Å². The highest BCUT2D eigenvalue weighted by Gasteiger charge is 2.33. The summed E-state index contributed by atoms with van der Waals surface area (Å²) in [5.41, 5.74) is 7.10. The van der Waals surface area contributed by atoms with Crippen LogP contribution in [-0.4, -0.2) is 23.8 Å². The van der Waals surface area contributed by atoms with Crippen molar-refractivity contribution in [2.45, 2.75) is 38.5 Å². The van der Waals surface area contributed by atoms with E-state index in [1.165, 1.54) is 19.3 Å². The maximum Gasteiger partial charge on any atom is 0.227 e. The molecule has 1 heterocycles. The number of aromatic nitrogens is 2. The first-order valence-electron chi connectivity index (χ1n) is 7.92. The Bertz CT molecular complexity index is 607. The highest BCUT2D eigenvalue weighted by Crippen LogP contribution is 2.38. The second kappa shape index (κ2) is 7.79. The van der Waals surface area contributed by atoms with E-state index >= 15 is 0 Å². The summed E-state index contributed by atoms with van der Waals surface area (Å²) >= 11 is 0. The van der Waals surface area contributed by atoms with E-state index in [9.17, 15) is 0 Å². The summed E-state index contributed by atoms with van der Waals surface area (Å²) in [5, 5.41) is 4.11. The molecule has 3 rings (SSSR count). The van der Waals surface area contributed by atoms with Crippen molar-refractivity contribution in [3.63, 3.8) is 0 Å². The van der Waals surface area contributed by atoms with E-state index in [0.29, 0.717) is 18.3 Å². The molecule has 23 heavy (non-hydrogen) atoms. The molecular weight excluding hydrogens is 314 g/mol. The van der Waals surface area contributed by atoms with E-state index in [-0.39, 0.29) is 17.8 Å². The van der Waals surface area contributed by atoms with Gasteiger partial charge < -0.3 is 15.0 Å². The number of methoxy groups -OCH3 is 1. The Morgan fingerprint density at radius 3 is 2.48 bits per heavy atom. The highest BCUT2D eigenvalue weighted by atomic mass is 35.5. The van der Waals surface area contributed by atoms with Gasteiger partial charge in [-0.25, -0.2) is 0 Å². The van der Waals surface area contributed by atoms with Gasteiger partial charge in [-0.3, -0.25) is 0 Å². The van der Waals surface area contributed by atoms with Crippen molar-refractivity contribution in [3.8, 4) is 17.1 Å². The number of rotatable bonds is 5. The second-order valence-electron chi connectivity index (χ2n) is 6.18. The third-order valence-corrected chi connectivity index (χ3v) is 4.69. The molecule has 0 unspecified atom stereocenters. The van der Waals surface area contributed by atoms with Crippen LogP contribution >= 0.6 is 12.4 Å². The topological polar surface area (TPSA) is 74.2 Å². The van der Waals surface area contributed by atoms with Crippen LogP contribution in [0.3, 0.4) is 0 Å². The molecule has 2 aromatic rings. The number of nitrogens with two attached hydrogens (primary N) is 1. The minimum atomic E-state index is 0. The smallest absolute Gasteiger partial charge is 0.227 e. The molecule has 1 aliphatic rings. The van der Waals surface area contributed by atoms with E-state index in [2.05, 4.69) is 10.1 Å². The zero-order valence-corrected chi connectivity index (χ0v) is 14.3. The Morgan fingerprint density at radius 2 is 1.87 bits per heavy atom. The zero-order chi connectivity index (χ0) is 15.4. The maximum absolute atomic E-state index is 6.03. The van der Waals surface area contributed by atoms with Crippen LogP contribution in [0.4, 0.5) is 0 Å². The predicted octanol–water partition coefficient (Wildman–Crippen LogP) is 3.62. The van der Waals surface area contributed by atoms with Crippen LogP contribution in [0.2, 0.25) is 0 Å². The summed E-state index contributed by atoms with van der Waals surface area (Å²) in [6, 6.07) is 7.67. The third-order valence-electron chi connectivity index (χ3n) is 4.69. The molecule has 126 valence electrons. The zero-order valence-electron chi connectivity index (χ0n) is 13.5. The van der Waals surface area contributed by atoms with Crippen molar-refractivity contribution >= 4 is 12.4 Å². The number of nitrogens with zero attached hydrogens (tertiary/aromatic N) is 2. The van der Waals surface area contributed by atoms with E-state index in [1.54, 1.807) is 7.11 Å². The first-order chi connectivity index (χ1) is 10.7. The first kappa shape index (κ1) is 17.8. The minimum Gasteiger partial charge on any atom is -0.497 e. The quantitative estimate of drug-likeness (QED) is 0.902. The van der Waals surface area contributed by atoms with Crippen molar-refractivity contribution in [1.29, 1.82) is 0 Å². The summed E-state index contributed by atoms with van der Waals surface area (Å²) in [5.74, 6) is 2.13. The van der Waals surface area contributed by atoms with Crippen molar-refractivity contribution in [2.75, 3.05) is 13.7 Å². The lowest BCUT2D eigenvalue weighted by atomic mass is 9.72. The third kappa shape index (κ3) is 4.03. The van der Waals surface area contributed by atoms with Gasteiger partial charge in [0.25, 0.3) is 0 Å². The minimum absolute atomic E-state index is 0.